The molecule has 3 N–H and O–H groups in total. The van der Waals surface area contributed by atoms with Crippen molar-refractivity contribution in [1.29, 1.82) is 0 Å². The number of likely N-dealkylation sites (tertiary alicyclic amines) is 1. The molecule has 44 heavy (non-hydrogen) atoms. The molecule has 6 heterocycles. The molecule has 2 aliphatic heterocycles. The Balaban J connectivity index is 1.30. The van der Waals surface area contributed by atoms with Crippen molar-refractivity contribution in [3.05, 3.63) is 94.6 Å². The lowest BCUT2D eigenvalue weighted by molar-refractivity contribution is -0.119. The monoisotopic (exact) mass is 593 g/mol. The Bertz CT molecular complexity index is 1790. The standard InChI is InChI=1S/C32H35N9O3/c1-3-34-30(33)29-23(18-25(38(29)2)21-12-16-39(20-42)17-13-21)22-10-11-26(36-19-22)37-31(43)28-24-8-5-7-15-40(24)41(32(28)44)27-9-4-6-14-35-27/h3-4,6,9-11,14,18-21H,1,5,7-8,12-13,15-17H2,2H3,(H2,33,34)(H,36,37,43). The maximum Gasteiger partial charge on any atom is 0.286 e. The van der Waals surface area contributed by atoms with Crippen LogP contribution in [0.25, 0.3) is 16.9 Å². The van der Waals surface area contributed by atoms with Crippen LogP contribution in [0.2, 0.25) is 0 Å². The second kappa shape index (κ2) is 12.2. The molecule has 0 aromatic carbocycles. The summed E-state index contributed by atoms with van der Waals surface area (Å²) in [5.41, 5.74) is 10.3. The summed E-state index contributed by atoms with van der Waals surface area (Å²) < 4.78 is 5.41. The Labute approximate surface area is 254 Å². The van der Waals surface area contributed by atoms with E-state index >= 15 is 0 Å². The van der Waals surface area contributed by atoms with Crippen molar-refractivity contribution < 1.29 is 9.59 Å². The highest BCUT2D eigenvalue weighted by atomic mass is 16.2. The Morgan fingerprint density at radius 1 is 1.14 bits per heavy atom. The van der Waals surface area contributed by atoms with E-state index in [9.17, 15) is 14.4 Å². The average Bonchev–Trinajstić information content (AvgIpc) is 3.55. The maximum absolute atomic E-state index is 13.6. The predicted molar refractivity (Wildman–Crippen MR) is 168 cm³/mol. The first kappa shape index (κ1) is 28.8. The SMILES string of the molecule is C=C/N=C(/N)c1c(-c2ccc(NC(=O)c3c4n(n(-c5ccccn5)c3=O)CCCC4)nc2)cc(C2CCN(C=O)CC2)n1C. The van der Waals surface area contributed by atoms with Crippen LogP contribution < -0.4 is 16.6 Å². The van der Waals surface area contributed by atoms with Gasteiger partial charge in [0.15, 0.2) is 5.82 Å². The summed E-state index contributed by atoms with van der Waals surface area (Å²) in [5.74, 6) is 0.894. The van der Waals surface area contributed by atoms with Crippen molar-refractivity contribution in [1.82, 2.24) is 28.8 Å². The van der Waals surface area contributed by atoms with Gasteiger partial charge in [-0.1, -0.05) is 12.6 Å². The Morgan fingerprint density at radius 3 is 2.64 bits per heavy atom. The minimum atomic E-state index is -0.498. The van der Waals surface area contributed by atoms with E-state index in [-0.39, 0.29) is 11.5 Å². The van der Waals surface area contributed by atoms with Crippen molar-refractivity contribution in [2.24, 2.45) is 17.8 Å². The third-order valence-corrected chi connectivity index (χ3v) is 8.53. The summed E-state index contributed by atoms with van der Waals surface area (Å²) >= 11 is 0. The van der Waals surface area contributed by atoms with Crippen LogP contribution in [0.3, 0.4) is 0 Å². The molecule has 226 valence electrons. The van der Waals surface area contributed by atoms with Crippen LogP contribution in [0.4, 0.5) is 5.82 Å². The van der Waals surface area contributed by atoms with Crippen molar-refractivity contribution in [2.75, 3.05) is 18.4 Å². The number of amidine groups is 1. The number of aliphatic imine (C=N–C) groups is 1. The number of hydrogen-bond donors (Lipinski definition) is 2. The summed E-state index contributed by atoms with van der Waals surface area (Å²) in [6.07, 6.45) is 9.76. The Hall–Kier alpha value is -5.26. The first-order valence-corrected chi connectivity index (χ1v) is 14.8. The Morgan fingerprint density at radius 2 is 1.95 bits per heavy atom. The molecule has 1 saturated heterocycles. The summed E-state index contributed by atoms with van der Waals surface area (Å²) in [6.45, 7) is 5.73. The molecule has 12 nitrogen and oxygen atoms in total. The third-order valence-electron chi connectivity index (χ3n) is 8.53. The van der Waals surface area contributed by atoms with Gasteiger partial charge >= 0.3 is 0 Å². The lowest BCUT2D eigenvalue weighted by atomic mass is 9.93. The van der Waals surface area contributed by atoms with E-state index in [4.69, 9.17) is 5.73 Å². The minimum absolute atomic E-state index is 0.116. The highest BCUT2D eigenvalue weighted by molar-refractivity contribution is 6.05. The van der Waals surface area contributed by atoms with Crippen LogP contribution in [0.5, 0.6) is 0 Å². The lowest BCUT2D eigenvalue weighted by Crippen LogP contribution is -2.32. The number of nitrogens with two attached hydrogens (primary N) is 1. The van der Waals surface area contributed by atoms with Gasteiger partial charge in [-0.2, -0.15) is 4.68 Å². The molecular formula is C32H35N9O3. The first-order chi connectivity index (χ1) is 21.4. The molecule has 1 fully saturated rings. The van der Waals surface area contributed by atoms with E-state index < -0.39 is 11.5 Å². The van der Waals surface area contributed by atoms with E-state index in [0.29, 0.717) is 49.2 Å². The Kier molecular flexibility index (Phi) is 7.97. The first-order valence-electron chi connectivity index (χ1n) is 14.8. The fourth-order valence-electron chi connectivity index (χ4n) is 6.38. The molecule has 0 spiro atoms. The van der Waals surface area contributed by atoms with Gasteiger partial charge < -0.3 is 20.5 Å². The number of pyridine rings is 2. The van der Waals surface area contributed by atoms with Gasteiger partial charge in [0.2, 0.25) is 6.41 Å². The van der Waals surface area contributed by atoms with Gasteiger partial charge in [0.25, 0.3) is 11.5 Å². The molecule has 4 aromatic rings. The minimum Gasteiger partial charge on any atom is -0.382 e. The maximum atomic E-state index is 13.6. The largest absolute Gasteiger partial charge is 0.382 e. The molecule has 0 aliphatic carbocycles. The van der Waals surface area contributed by atoms with Crippen LogP contribution in [-0.2, 0) is 24.8 Å². The zero-order valence-electron chi connectivity index (χ0n) is 24.6. The fourth-order valence-corrected chi connectivity index (χ4v) is 6.38. The van der Waals surface area contributed by atoms with E-state index in [1.165, 1.54) is 10.9 Å². The van der Waals surface area contributed by atoms with Crippen LogP contribution in [-0.4, -0.2) is 60.0 Å². The molecule has 6 rings (SSSR count). The number of nitrogens with one attached hydrogen (secondary N) is 1. The summed E-state index contributed by atoms with van der Waals surface area (Å²) in [7, 11) is 1.96. The van der Waals surface area contributed by atoms with Gasteiger partial charge in [0, 0.05) is 68.0 Å². The van der Waals surface area contributed by atoms with E-state index in [1.807, 2.05) is 23.9 Å². The summed E-state index contributed by atoms with van der Waals surface area (Å²) in [6, 6.07) is 11.0. The summed E-state index contributed by atoms with van der Waals surface area (Å²) in [4.78, 5) is 53.2. The number of amides is 2. The molecule has 0 bridgehead atoms. The van der Waals surface area contributed by atoms with E-state index in [2.05, 4.69) is 37.5 Å². The number of aromatic nitrogens is 5. The van der Waals surface area contributed by atoms with Crippen molar-refractivity contribution >= 4 is 24.0 Å². The van der Waals surface area contributed by atoms with Crippen LogP contribution in [0, 0.1) is 0 Å². The van der Waals surface area contributed by atoms with Crippen molar-refractivity contribution in [2.45, 2.75) is 44.6 Å². The van der Waals surface area contributed by atoms with Gasteiger partial charge in [0.1, 0.15) is 17.2 Å². The topological polar surface area (TPSA) is 145 Å². The van der Waals surface area contributed by atoms with Gasteiger partial charge in [-0.05, 0) is 62.4 Å². The van der Waals surface area contributed by atoms with E-state index in [1.54, 1.807) is 35.5 Å². The third kappa shape index (κ3) is 5.23. The molecule has 2 aliphatic rings. The molecule has 0 saturated carbocycles. The number of fused-ring (bicyclic) bond motifs is 1. The molecule has 12 heteroatoms. The zero-order valence-corrected chi connectivity index (χ0v) is 24.6. The molecule has 2 amide bonds. The number of rotatable bonds is 8. The smallest absolute Gasteiger partial charge is 0.286 e. The number of piperidine rings is 1. The number of carbonyl (C=O) groups excluding carboxylic acids is 2. The number of carbonyl (C=O) groups is 2. The normalized spacial score (nSPS) is 15.6. The lowest BCUT2D eigenvalue weighted by Gasteiger charge is -2.29. The number of nitrogens with zero attached hydrogens (tertiary/aromatic N) is 7. The van der Waals surface area contributed by atoms with Gasteiger partial charge in [-0.3, -0.25) is 19.1 Å². The van der Waals surface area contributed by atoms with Gasteiger partial charge in [-0.25, -0.2) is 15.0 Å². The number of hydrogen-bond acceptors (Lipinski definition) is 6. The molecule has 4 aromatic heterocycles. The van der Waals surface area contributed by atoms with Crippen LogP contribution >= 0.6 is 0 Å². The average molecular weight is 594 g/mol. The zero-order chi connectivity index (χ0) is 30.8. The van der Waals surface area contributed by atoms with E-state index in [0.717, 1.165) is 54.6 Å². The molecular weight excluding hydrogens is 558 g/mol. The molecule has 0 atom stereocenters. The second-order valence-electron chi connectivity index (χ2n) is 11.1. The van der Waals surface area contributed by atoms with Gasteiger partial charge in [0.05, 0.1) is 11.4 Å². The van der Waals surface area contributed by atoms with Gasteiger partial charge in [-0.15, -0.1) is 0 Å². The van der Waals surface area contributed by atoms with Crippen LogP contribution in [0.1, 0.15) is 59.0 Å². The highest BCUT2D eigenvalue weighted by Gasteiger charge is 2.29. The predicted octanol–water partition coefficient (Wildman–Crippen LogP) is 3.21. The highest BCUT2D eigenvalue weighted by Crippen LogP contribution is 2.35. The quantitative estimate of drug-likeness (QED) is 0.182. The van der Waals surface area contributed by atoms with Crippen molar-refractivity contribution in [3.8, 4) is 16.9 Å². The van der Waals surface area contributed by atoms with Crippen LogP contribution in [0.15, 0.2) is 71.4 Å². The molecule has 0 radical (unpaired) electrons. The molecule has 0 unspecified atom stereocenters. The summed E-state index contributed by atoms with van der Waals surface area (Å²) in [5, 5.41) is 2.83. The second-order valence-corrected chi connectivity index (χ2v) is 11.1. The number of anilines is 1. The fraction of sp³-hybridized carbons (Fsp3) is 0.312. The van der Waals surface area contributed by atoms with Crippen molar-refractivity contribution in [3.63, 3.8) is 0 Å².